The third kappa shape index (κ3) is 8.55. The Balaban J connectivity index is 0.000000311. The van der Waals surface area contributed by atoms with Gasteiger partial charge in [0.2, 0.25) is 5.91 Å². The van der Waals surface area contributed by atoms with Crippen molar-refractivity contribution >= 4 is 29.8 Å². The van der Waals surface area contributed by atoms with E-state index < -0.39 is 5.54 Å². The lowest BCUT2D eigenvalue weighted by Crippen LogP contribution is -2.39. The van der Waals surface area contributed by atoms with E-state index in [4.69, 9.17) is 27.3 Å². The van der Waals surface area contributed by atoms with E-state index in [-0.39, 0.29) is 17.8 Å². The molecule has 0 saturated carbocycles. The van der Waals surface area contributed by atoms with Crippen LogP contribution in [0.3, 0.4) is 0 Å². The number of carbonyl (C=O) groups is 2. The zero-order valence-corrected chi connectivity index (χ0v) is 18.9. The topological polar surface area (TPSA) is 123 Å². The number of ether oxygens (including phenoxy) is 2. The third-order valence-electron chi connectivity index (χ3n) is 3.95. The van der Waals surface area contributed by atoms with Gasteiger partial charge in [0.05, 0.1) is 16.7 Å². The Bertz CT molecular complexity index is 912. The molecule has 1 amide bonds. The van der Waals surface area contributed by atoms with E-state index in [0.717, 1.165) is 5.56 Å². The Morgan fingerprint density at radius 1 is 1.23 bits per heavy atom. The summed E-state index contributed by atoms with van der Waals surface area (Å²) in [4.78, 5) is 21.1. The number of nitrogens with zero attached hydrogens (tertiary/aromatic N) is 1. The van der Waals surface area contributed by atoms with Crippen LogP contribution in [0.1, 0.15) is 45.7 Å². The normalized spacial score (nSPS) is 11.3. The monoisotopic (exact) mass is 449 g/mol. The van der Waals surface area contributed by atoms with E-state index in [1.165, 1.54) is 6.92 Å². The highest BCUT2D eigenvalue weighted by molar-refractivity contribution is 6.32. The van der Waals surface area contributed by atoms with Gasteiger partial charge in [0, 0.05) is 12.5 Å². The van der Waals surface area contributed by atoms with Gasteiger partial charge in [0.15, 0.2) is 5.84 Å². The molecule has 31 heavy (non-hydrogen) atoms. The lowest BCUT2D eigenvalue weighted by Gasteiger charge is -2.26. The predicted octanol–water partition coefficient (Wildman–Crippen LogP) is 3.81. The number of hydrogen-bond donors (Lipinski definition) is 3. The second kappa shape index (κ2) is 11.8. The molecule has 0 aromatic heterocycles. The Morgan fingerprint density at radius 3 is 2.29 bits per heavy atom. The van der Waals surface area contributed by atoms with Crippen LogP contribution in [0.4, 0.5) is 0 Å². The molecule has 0 radical (unpaired) electrons. The fraction of sp³-hybridized carbons (Fsp3) is 0.318. The van der Waals surface area contributed by atoms with E-state index in [0.29, 0.717) is 28.6 Å². The maximum atomic E-state index is 11.0. The summed E-state index contributed by atoms with van der Waals surface area (Å²) in [6, 6.07) is 12.0. The number of amidine groups is 1. The average molecular weight is 450 g/mol. The molecule has 0 aliphatic rings. The largest absolute Gasteiger partial charge is 0.489 e. The first-order valence-corrected chi connectivity index (χ1v) is 9.81. The number of amides is 1. The van der Waals surface area contributed by atoms with Gasteiger partial charge in [-0.15, -0.1) is 0 Å². The number of hydrogen-bond acceptors (Lipinski definition) is 6. The van der Waals surface area contributed by atoms with Gasteiger partial charge in [-0.2, -0.15) is 0 Å². The Morgan fingerprint density at radius 2 is 1.84 bits per heavy atom. The number of rotatable bonds is 7. The van der Waals surface area contributed by atoms with Gasteiger partial charge in [0.25, 0.3) is 6.47 Å². The maximum absolute atomic E-state index is 11.0. The van der Waals surface area contributed by atoms with Crippen LogP contribution in [0.2, 0.25) is 5.02 Å². The Kier molecular flexibility index (Phi) is 9.82. The molecular weight excluding hydrogens is 422 g/mol. The van der Waals surface area contributed by atoms with Crippen LogP contribution in [0.25, 0.3) is 0 Å². The summed E-state index contributed by atoms with van der Waals surface area (Å²) in [6.07, 6.45) is 0.0530. The number of carbonyl (C=O) groups excluding carboxylic acids is 2. The van der Waals surface area contributed by atoms with Crippen molar-refractivity contribution in [1.82, 2.24) is 5.32 Å². The molecule has 0 saturated heterocycles. The Labute approximate surface area is 187 Å². The lowest BCUT2D eigenvalue weighted by atomic mass is 9.94. The maximum Gasteiger partial charge on any atom is 0.298 e. The molecule has 9 heteroatoms. The Hall–Kier alpha value is -3.26. The molecule has 8 nitrogen and oxygen atoms in total. The molecule has 0 aliphatic heterocycles. The molecule has 2 aromatic carbocycles. The quantitative estimate of drug-likeness (QED) is 0.194. The van der Waals surface area contributed by atoms with Crippen molar-refractivity contribution in [1.29, 1.82) is 0 Å². The molecule has 2 aromatic rings. The molecular formula is C22H28ClN3O5. The van der Waals surface area contributed by atoms with Crippen LogP contribution >= 0.6 is 11.6 Å². The van der Waals surface area contributed by atoms with Gasteiger partial charge in [-0.1, -0.05) is 28.9 Å². The van der Waals surface area contributed by atoms with Gasteiger partial charge >= 0.3 is 0 Å². The van der Waals surface area contributed by atoms with Crippen molar-refractivity contribution in [2.24, 2.45) is 10.9 Å². The fourth-order valence-corrected chi connectivity index (χ4v) is 2.81. The summed E-state index contributed by atoms with van der Waals surface area (Å²) < 4.78 is 10.1. The highest BCUT2D eigenvalue weighted by atomic mass is 35.5. The fourth-order valence-electron chi connectivity index (χ4n) is 2.59. The van der Waals surface area contributed by atoms with E-state index in [1.54, 1.807) is 30.3 Å². The number of halogens is 1. The summed E-state index contributed by atoms with van der Waals surface area (Å²) in [5.74, 6) is 1.00. The van der Waals surface area contributed by atoms with Crippen molar-refractivity contribution in [2.75, 3.05) is 0 Å². The second-order valence-corrected chi connectivity index (χ2v) is 7.75. The molecule has 0 heterocycles. The van der Waals surface area contributed by atoms with Crippen LogP contribution in [0.15, 0.2) is 47.6 Å². The van der Waals surface area contributed by atoms with Crippen LogP contribution in [-0.2, 0) is 15.1 Å². The molecule has 0 fully saturated rings. The van der Waals surface area contributed by atoms with Crippen molar-refractivity contribution in [3.8, 4) is 11.5 Å². The first-order chi connectivity index (χ1) is 14.5. The van der Waals surface area contributed by atoms with Gasteiger partial charge in [-0.05, 0) is 63.6 Å². The minimum Gasteiger partial charge on any atom is -0.489 e. The molecule has 0 atom stereocenters. The lowest BCUT2D eigenvalue weighted by molar-refractivity contribution is -0.121. The highest BCUT2D eigenvalue weighted by Crippen LogP contribution is 2.26. The van der Waals surface area contributed by atoms with E-state index >= 15 is 0 Å². The van der Waals surface area contributed by atoms with Crippen molar-refractivity contribution in [3.05, 3.63) is 58.6 Å². The number of oxime groups is 1. The standard InChI is InChI=1S/C12H15NO3.C10H13ClN2O2/c1-9(15)13-12(2,3)10-4-6-11(7-5-10)16-8-14;1-6(2)15-9-4-3-7(5-8(9)11)10(12)13-14/h4-8H,1-3H3,(H,13,15);3-6,14H,1-2H3,(H2,12,13). The zero-order valence-electron chi connectivity index (χ0n) is 18.2. The summed E-state index contributed by atoms with van der Waals surface area (Å²) in [7, 11) is 0. The summed E-state index contributed by atoms with van der Waals surface area (Å²) >= 11 is 5.96. The van der Waals surface area contributed by atoms with E-state index in [1.807, 2.05) is 39.8 Å². The number of nitrogens with two attached hydrogens (primary N) is 1. The molecule has 0 unspecified atom stereocenters. The van der Waals surface area contributed by atoms with E-state index in [2.05, 4.69) is 15.2 Å². The molecule has 0 spiro atoms. The molecule has 168 valence electrons. The minimum absolute atomic E-state index is 0.0213. The first kappa shape index (κ1) is 25.8. The molecule has 4 N–H and O–H groups in total. The third-order valence-corrected chi connectivity index (χ3v) is 4.24. The SMILES string of the molecule is CC(=O)NC(C)(C)c1ccc(OC=O)cc1.CC(C)Oc1ccc(/C(N)=N/O)cc1Cl. The highest BCUT2D eigenvalue weighted by Gasteiger charge is 2.20. The summed E-state index contributed by atoms with van der Waals surface area (Å²) in [5.41, 5.74) is 6.48. The smallest absolute Gasteiger partial charge is 0.298 e. The van der Waals surface area contributed by atoms with Crippen LogP contribution < -0.4 is 20.5 Å². The van der Waals surface area contributed by atoms with Gasteiger partial charge in [0.1, 0.15) is 11.5 Å². The van der Waals surface area contributed by atoms with Gasteiger partial charge in [-0.3, -0.25) is 9.59 Å². The number of nitrogens with one attached hydrogen (secondary N) is 1. The zero-order chi connectivity index (χ0) is 23.6. The average Bonchev–Trinajstić information content (AvgIpc) is 2.69. The summed E-state index contributed by atoms with van der Waals surface area (Å²) in [6.45, 7) is 9.50. The second-order valence-electron chi connectivity index (χ2n) is 7.34. The van der Waals surface area contributed by atoms with Crippen molar-refractivity contribution in [2.45, 2.75) is 46.3 Å². The number of benzene rings is 2. The molecule has 0 aliphatic carbocycles. The first-order valence-electron chi connectivity index (χ1n) is 9.43. The minimum atomic E-state index is -0.439. The molecule has 2 rings (SSSR count). The van der Waals surface area contributed by atoms with Gasteiger partial charge < -0.3 is 25.7 Å². The predicted molar refractivity (Wildman–Crippen MR) is 120 cm³/mol. The van der Waals surface area contributed by atoms with Crippen LogP contribution in [0.5, 0.6) is 11.5 Å². The van der Waals surface area contributed by atoms with E-state index in [9.17, 15) is 9.59 Å². The van der Waals surface area contributed by atoms with Crippen LogP contribution in [-0.4, -0.2) is 29.5 Å². The van der Waals surface area contributed by atoms with Gasteiger partial charge in [-0.25, -0.2) is 0 Å². The van der Waals surface area contributed by atoms with Crippen molar-refractivity contribution < 1.29 is 24.3 Å². The van der Waals surface area contributed by atoms with Crippen LogP contribution in [0, 0.1) is 0 Å². The molecule has 0 bridgehead atoms. The summed E-state index contributed by atoms with van der Waals surface area (Å²) in [5, 5.41) is 14.6. The van der Waals surface area contributed by atoms with Crippen molar-refractivity contribution in [3.63, 3.8) is 0 Å².